The maximum Gasteiger partial charge on any atom is 0.0878 e. The van der Waals surface area contributed by atoms with Gasteiger partial charge in [0.05, 0.1) is 18.9 Å². The maximum atomic E-state index is 9.85. The molecule has 31 heavy (non-hydrogen) atoms. The molecule has 0 amide bonds. The predicted octanol–water partition coefficient (Wildman–Crippen LogP) is 4.94. The van der Waals surface area contributed by atoms with Crippen molar-refractivity contribution in [3.05, 3.63) is 94.8 Å². The average molecular weight is 416 g/mol. The summed E-state index contributed by atoms with van der Waals surface area (Å²) in [5, 5.41) is 13.5. The third kappa shape index (κ3) is 4.94. The lowest BCUT2D eigenvalue weighted by Crippen LogP contribution is -2.36. The molecule has 2 aromatic carbocycles. The number of oxime groups is 1. The first-order chi connectivity index (χ1) is 15.2. The summed E-state index contributed by atoms with van der Waals surface area (Å²) in [6.45, 7) is 7.47. The zero-order valence-electron chi connectivity index (χ0n) is 18.2. The van der Waals surface area contributed by atoms with Gasteiger partial charge in [0.15, 0.2) is 0 Å². The first-order valence-corrected chi connectivity index (χ1v) is 10.8. The Labute approximate surface area is 184 Å². The minimum Gasteiger partial charge on any atom is -0.411 e. The molecule has 1 atom stereocenters. The number of nitrogens with zero attached hydrogens (tertiary/aromatic N) is 3. The van der Waals surface area contributed by atoms with Crippen molar-refractivity contribution >= 4 is 11.4 Å². The van der Waals surface area contributed by atoms with Crippen LogP contribution in [0.1, 0.15) is 40.3 Å². The summed E-state index contributed by atoms with van der Waals surface area (Å²) in [4.78, 5) is 6.63. The van der Waals surface area contributed by atoms with E-state index in [1.165, 1.54) is 22.4 Å². The minimum atomic E-state index is 0.0827. The summed E-state index contributed by atoms with van der Waals surface area (Å²) in [5.74, 6) is 0.0827. The number of hydrogen-bond donors (Lipinski definition) is 1. The zero-order valence-corrected chi connectivity index (χ0v) is 18.2. The Bertz CT molecular complexity index is 1040. The van der Waals surface area contributed by atoms with Crippen molar-refractivity contribution in [2.24, 2.45) is 5.16 Å². The van der Waals surface area contributed by atoms with Crippen LogP contribution < -0.4 is 4.90 Å². The van der Waals surface area contributed by atoms with E-state index in [1.54, 1.807) is 6.20 Å². The molecule has 0 unspecified atom stereocenters. The van der Waals surface area contributed by atoms with Gasteiger partial charge in [-0.1, -0.05) is 41.6 Å². The average Bonchev–Trinajstić information content (AvgIpc) is 2.81. The van der Waals surface area contributed by atoms with E-state index in [-0.39, 0.29) is 5.92 Å². The van der Waals surface area contributed by atoms with E-state index in [9.17, 15) is 5.21 Å². The van der Waals surface area contributed by atoms with E-state index in [4.69, 9.17) is 4.74 Å². The van der Waals surface area contributed by atoms with Crippen molar-refractivity contribution in [1.29, 1.82) is 0 Å². The first-order valence-electron chi connectivity index (χ1n) is 10.8. The molecular formula is C26H29N3O2. The lowest BCUT2D eigenvalue weighted by atomic mass is 9.83. The van der Waals surface area contributed by atoms with E-state index >= 15 is 0 Å². The number of anilines is 1. The van der Waals surface area contributed by atoms with Crippen LogP contribution in [-0.2, 0) is 4.74 Å². The lowest BCUT2D eigenvalue weighted by molar-refractivity contribution is 0.122. The zero-order chi connectivity index (χ0) is 21.6. The van der Waals surface area contributed by atoms with Gasteiger partial charge in [0.2, 0.25) is 0 Å². The molecule has 160 valence electrons. The predicted molar refractivity (Wildman–Crippen MR) is 124 cm³/mol. The second kappa shape index (κ2) is 9.75. The summed E-state index contributed by atoms with van der Waals surface area (Å²) < 4.78 is 5.48. The molecular weight excluding hydrogens is 386 g/mol. The molecule has 5 heteroatoms. The topological polar surface area (TPSA) is 58.0 Å². The molecule has 0 radical (unpaired) electrons. The van der Waals surface area contributed by atoms with Crippen LogP contribution in [0, 0.1) is 13.8 Å². The smallest absolute Gasteiger partial charge is 0.0878 e. The van der Waals surface area contributed by atoms with Crippen LogP contribution in [0.5, 0.6) is 0 Å². The summed E-state index contributed by atoms with van der Waals surface area (Å²) >= 11 is 0. The number of pyridine rings is 1. The molecule has 1 N–H and O–H groups in total. The van der Waals surface area contributed by atoms with Crippen molar-refractivity contribution in [1.82, 2.24) is 4.98 Å². The lowest BCUT2D eigenvalue weighted by Gasteiger charge is -2.29. The van der Waals surface area contributed by atoms with Gasteiger partial charge < -0.3 is 14.8 Å². The van der Waals surface area contributed by atoms with Crippen molar-refractivity contribution < 1.29 is 9.94 Å². The highest BCUT2D eigenvalue weighted by Gasteiger charge is 2.21. The molecule has 0 bridgehead atoms. The van der Waals surface area contributed by atoms with Gasteiger partial charge in [-0.3, -0.25) is 4.98 Å². The van der Waals surface area contributed by atoms with Gasteiger partial charge >= 0.3 is 0 Å². The fraction of sp³-hybridized carbons (Fsp3) is 0.308. The molecule has 0 saturated carbocycles. The monoisotopic (exact) mass is 415 g/mol. The highest BCUT2D eigenvalue weighted by Crippen LogP contribution is 2.33. The second-order valence-corrected chi connectivity index (χ2v) is 8.04. The van der Waals surface area contributed by atoms with Crippen molar-refractivity contribution in [3.8, 4) is 0 Å². The second-order valence-electron chi connectivity index (χ2n) is 8.04. The minimum absolute atomic E-state index is 0.0827. The normalized spacial score (nSPS) is 15.7. The van der Waals surface area contributed by atoms with Crippen LogP contribution in [0.4, 0.5) is 5.69 Å². The highest BCUT2D eigenvalue weighted by atomic mass is 16.5. The number of ether oxygens (including phenoxy) is 1. The van der Waals surface area contributed by atoms with Gasteiger partial charge in [-0.15, -0.1) is 0 Å². The summed E-state index contributed by atoms with van der Waals surface area (Å²) in [7, 11) is 0. The molecule has 1 aliphatic rings. The number of hydrogen-bond acceptors (Lipinski definition) is 5. The number of aromatic nitrogens is 1. The standard InChI is InChI=1S/C26H29N3O2/c1-19-5-3-4-6-24(19)25(18-26(28-30)22-11-12-27-20(2)17-22)21-7-9-23(10-8-21)29-13-15-31-16-14-29/h3-12,17,25,30H,13-16,18H2,1-2H3/b28-26+/t25-/m1/s1. The fourth-order valence-corrected chi connectivity index (χ4v) is 4.26. The van der Waals surface area contributed by atoms with Crippen molar-refractivity contribution in [2.45, 2.75) is 26.2 Å². The molecule has 1 saturated heterocycles. The van der Waals surface area contributed by atoms with Gasteiger partial charge in [-0.2, -0.15) is 0 Å². The number of benzene rings is 2. The van der Waals surface area contributed by atoms with E-state index in [0.29, 0.717) is 12.1 Å². The fourth-order valence-electron chi connectivity index (χ4n) is 4.26. The molecule has 0 aliphatic carbocycles. The van der Waals surface area contributed by atoms with Crippen LogP contribution in [0.3, 0.4) is 0 Å². The molecule has 3 aromatic rings. The number of aryl methyl sites for hydroxylation is 2. The largest absolute Gasteiger partial charge is 0.411 e. The Hall–Kier alpha value is -3.18. The van der Waals surface area contributed by atoms with Crippen LogP contribution in [0.15, 0.2) is 72.0 Å². The summed E-state index contributed by atoms with van der Waals surface area (Å²) in [6, 6.07) is 21.1. The summed E-state index contributed by atoms with van der Waals surface area (Å²) in [5.41, 5.74) is 7.37. The van der Waals surface area contributed by atoms with E-state index in [0.717, 1.165) is 37.6 Å². The van der Waals surface area contributed by atoms with Crippen LogP contribution >= 0.6 is 0 Å². The molecule has 2 heterocycles. The van der Waals surface area contributed by atoms with Gasteiger partial charge in [-0.25, -0.2) is 0 Å². The van der Waals surface area contributed by atoms with Crippen LogP contribution in [0.25, 0.3) is 0 Å². The third-order valence-electron chi connectivity index (χ3n) is 5.98. The Balaban J connectivity index is 1.67. The van der Waals surface area contributed by atoms with Crippen molar-refractivity contribution in [2.75, 3.05) is 31.2 Å². The molecule has 0 spiro atoms. The molecule has 1 fully saturated rings. The van der Waals surface area contributed by atoms with Crippen molar-refractivity contribution in [3.63, 3.8) is 0 Å². The SMILES string of the molecule is Cc1cc(/C(C[C@H](c2ccc(N3CCOCC3)cc2)c2ccccc2C)=N/O)ccn1. The maximum absolute atomic E-state index is 9.85. The Kier molecular flexibility index (Phi) is 6.63. The van der Waals surface area contributed by atoms with Gasteiger partial charge in [-0.05, 0) is 54.8 Å². The van der Waals surface area contributed by atoms with E-state index in [2.05, 4.69) is 70.5 Å². The Morgan fingerprint density at radius 3 is 2.48 bits per heavy atom. The quantitative estimate of drug-likeness (QED) is 0.352. The Morgan fingerprint density at radius 2 is 1.81 bits per heavy atom. The summed E-state index contributed by atoms with van der Waals surface area (Å²) in [6.07, 6.45) is 2.36. The van der Waals surface area contributed by atoms with E-state index < -0.39 is 0 Å². The molecule has 1 aromatic heterocycles. The van der Waals surface area contributed by atoms with E-state index in [1.807, 2.05) is 19.1 Å². The first kappa shape index (κ1) is 21.1. The molecule has 5 nitrogen and oxygen atoms in total. The number of morpholine rings is 1. The molecule has 4 rings (SSSR count). The van der Waals surface area contributed by atoms with Crippen LogP contribution in [-0.4, -0.2) is 42.2 Å². The molecule has 1 aliphatic heterocycles. The number of rotatable bonds is 6. The highest BCUT2D eigenvalue weighted by molar-refractivity contribution is 6.01. The third-order valence-corrected chi connectivity index (χ3v) is 5.98. The van der Waals surface area contributed by atoms with Gasteiger partial charge in [0.25, 0.3) is 0 Å². The van der Waals surface area contributed by atoms with Crippen LogP contribution in [0.2, 0.25) is 0 Å². The Morgan fingerprint density at radius 1 is 1.06 bits per heavy atom. The van der Waals surface area contributed by atoms with Gasteiger partial charge in [0, 0.05) is 48.6 Å². The van der Waals surface area contributed by atoms with Gasteiger partial charge in [0.1, 0.15) is 0 Å².